The molecule has 1 aromatic carbocycles. The van der Waals surface area contributed by atoms with Gasteiger partial charge < -0.3 is 10.5 Å². The first-order valence-corrected chi connectivity index (χ1v) is 5.08. The molecule has 0 amide bonds. The third-order valence-electron chi connectivity index (χ3n) is 2.36. The van der Waals surface area contributed by atoms with Crippen molar-refractivity contribution in [2.24, 2.45) is 5.73 Å². The lowest BCUT2D eigenvalue weighted by Crippen LogP contribution is -2.33. The summed E-state index contributed by atoms with van der Waals surface area (Å²) in [5, 5.41) is 0. The Morgan fingerprint density at radius 3 is 2.62 bits per heavy atom. The Morgan fingerprint density at radius 1 is 1.44 bits per heavy atom. The van der Waals surface area contributed by atoms with Crippen LogP contribution in [0.25, 0.3) is 0 Å². The molecule has 3 nitrogen and oxygen atoms in total. The van der Waals surface area contributed by atoms with Gasteiger partial charge in [0.1, 0.15) is 6.04 Å². The van der Waals surface area contributed by atoms with Gasteiger partial charge in [-0.3, -0.25) is 4.79 Å². The van der Waals surface area contributed by atoms with Crippen molar-refractivity contribution in [1.29, 1.82) is 0 Å². The lowest BCUT2D eigenvalue weighted by Gasteiger charge is -2.09. The van der Waals surface area contributed by atoms with Crippen LogP contribution in [-0.2, 0) is 22.4 Å². The molecule has 0 aromatic heterocycles. The molecule has 0 aliphatic rings. The molecule has 0 spiro atoms. The standard InChI is InChI=1S/C12H17NO2.ClH/c1-3-9-5-4-6-10(7-9)8-11(13)12(14)15-2;/h4-7,11H,3,8,13H2,1-2H3;1H/t11-;/m1./s1. The molecule has 0 saturated carbocycles. The first-order valence-electron chi connectivity index (χ1n) is 5.08. The van der Waals surface area contributed by atoms with Gasteiger partial charge in [0.2, 0.25) is 0 Å². The summed E-state index contributed by atoms with van der Waals surface area (Å²) >= 11 is 0. The summed E-state index contributed by atoms with van der Waals surface area (Å²) in [6.45, 7) is 2.10. The second-order valence-electron chi connectivity index (χ2n) is 3.51. The predicted molar refractivity (Wildman–Crippen MR) is 66.8 cm³/mol. The summed E-state index contributed by atoms with van der Waals surface area (Å²) in [6, 6.07) is 7.53. The van der Waals surface area contributed by atoms with E-state index in [1.165, 1.54) is 12.7 Å². The van der Waals surface area contributed by atoms with Crippen molar-refractivity contribution in [2.75, 3.05) is 7.11 Å². The number of hydrogen-bond donors (Lipinski definition) is 1. The van der Waals surface area contributed by atoms with Crippen LogP contribution in [0.15, 0.2) is 24.3 Å². The molecule has 0 bridgehead atoms. The fraction of sp³-hybridized carbons (Fsp3) is 0.417. The summed E-state index contributed by atoms with van der Waals surface area (Å²) in [4.78, 5) is 11.1. The van der Waals surface area contributed by atoms with Crippen molar-refractivity contribution in [3.63, 3.8) is 0 Å². The molecule has 16 heavy (non-hydrogen) atoms. The maximum atomic E-state index is 11.1. The number of carbonyl (C=O) groups excluding carboxylic acids is 1. The minimum atomic E-state index is -0.567. The third kappa shape index (κ3) is 4.21. The van der Waals surface area contributed by atoms with Crippen LogP contribution in [-0.4, -0.2) is 19.1 Å². The van der Waals surface area contributed by atoms with E-state index in [1.807, 2.05) is 12.1 Å². The molecule has 2 N–H and O–H groups in total. The number of rotatable bonds is 4. The molecule has 0 unspecified atom stereocenters. The molecule has 0 saturated heterocycles. The van der Waals surface area contributed by atoms with E-state index in [0.717, 1.165) is 12.0 Å². The minimum absolute atomic E-state index is 0. The molecule has 0 aliphatic carbocycles. The number of hydrogen-bond acceptors (Lipinski definition) is 3. The van der Waals surface area contributed by atoms with Gasteiger partial charge in [0.25, 0.3) is 0 Å². The monoisotopic (exact) mass is 243 g/mol. The van der Waals surface area contributed by atoms with E-state index in [9.17, 15) is 4.79 Å². The molecule has 1 aromatic rings. The van der Waals surface area contributed by atoms with E-state index in [4.69, 9.17) is 5.73 Å². The maximum Gasteiger partial charge on any atom is 0.322 e. The molecule has 1 rings (SSSR count). The Hall–Kier alpha value is -1.06. The molecular formula is C12H18ClNO2. The van der Waals surface area contributed by atoms with Crippen molar-refractivity contribution >= 4 is 18.4 Å². The van der Waals surface area contributed by atoms with Crippen LogP contribution in [0.4, 0.5) is 0 Å². The summed E-state index contributed by atoms with van der Waals surface area (Å²) in [5.74, 6) is -0.364. The summed E-state index contributed by atoms with van der Waals surface area (Å²) in [5.41, 5.74) is 8.01. The highest BCUT2D eigenvalue weighted by Gasteiger charge is 2.13. The average molecular weight is 244 g/mol. The van der Waals surface area contributed by atoms with Crippen LogP contribution in [0, 0.1) is 0 Å². The zero-order valence-electron chi connectivity index (χ0n) is 9.60. The van der Waals surface area contributed by atoms with Crippen LogP contribution < -0.4 is 5.73 Å². The number of nitrogens with two attached hydrogens (primary N) is 1. The zero-order valence-corrected chi connectivity index (χ0v) is 10.4. The van der Waals surface area contributed by atoms with E-state index in [0.29, 0.717) is 6.42 Å². The summed E-state index contributed by atoms with van der Waals surface area (Å²) in [7, 11) is 1.35. The molecule has 1 atom stereocenters. The molecule has 0 heterocycles. The quantitative estimate of drug-likeness (QED) is 0.820. The van der Waals surface area contributed by atoms with E-state index in [2.05, 4.69) is 23.8 Å². The van der Waals surface area contributed by atoms with Crippen molar-refractivity contribution in [3.8, 4) is 0 Å². The second kappa shape index (κ2) is 7.25. The highest BCUT2D eigenvalue weighted by molar-refractivity contribution is 5.85. The van der Waals surface area contributed by atoms with E-state index in [1.54, 1.807) is 0 Å². The van der Waals surface area contributed by atoms with Crippen LogP contribution in [0.2, 0.25) is 0 Å². The number of methoxy groups -OCH3 is 1. The number of halogens is 1. The van der Waals surface area contributed by atoms with Crippen LogP contribution in [0.1, 0.15) is 18.1 Å². The van der Waals surface area contributed by atoms with Gasteiger partial charge in [-0.2, -0.15) is 0 Å². The highest BCUT2D eigenvalue weighted by Crippen LogP contribution is 2.08. The van der Waals surface area contributed by atoms with Crippen LogP contribution in [0.5, 0.6) is 0 Å². The molecule has 0 aliphatic heterocycles. The molecule has 90 valence electrons. The predicted octanol–water partition coefficient (Wildman–Crippen LogP) is 1.71. The van der Waals surface area contributed by atoms with Gasteiger partial charge in [0, 0.05) is 0 Å². The van der Waals surface area contributed by atoms with Gasteiger partial charge >= 0.3 is 5.97 Å². The first-order chi connectivity index (χ1) is 7.17. The normalized spacial score (nSPS) is 11.4. The van der Waals surface area contributed by atoms with Crippen molar-refractivity contribution < 1.29 is 9.53 Å². The van der Waals surface area contributed by atoms with Gasteiger partial charge in [-0.1, -0.05) is 31.2 Å². The number of ether oxygens (including phenoxy) is 1. The Balaban J connectivity index is 0.00000225. The Kier molecular flexibility index (Phi) is 6.77. The molecule has 0 fully saturated rings. The largest absolute Gasteiger partial charge is 0.468 e. The number of carbonyl (C=O) groups is 1. The smallest absolute Gasteiger partial charge is 0.322 e. The van der Waals surface area contributed by atoms with Crippen molar-refractivity contribution in [3.05, 3.63) is 35.4 Å². The summed E-state index contributed by atoms with van der Waals surface area (Å²) < 4.78 is 4.58. The van der Waals surface area contributed by atoms with E-state index >= 15 is 0 Å². The van der Waals surface area contributed by atoms with Gasteiger partial charge in [-0.05, 0) is 24.0 Å². The Morgan fingerprint density at radius 2 is 2.06 bits per heavy atom. The van der Waals surface area contributed by atoms with Gasteiger partial charge in [-0.15, -0.1) is 12.4 Å². The maximum absolute atomic E-state index is 11.1. The lowest BCUT2D eigenvalue weighted by molar-refractivity contribution is -0.142. The number of esters is 1. The van der Waals surface area contributed by atoms with Crippen LogP contribution >= 0.6 is 12.4 Å². The second-order valence-corrected chi connectivity index (χ2v) is 3.51. The first kappa shape index (κ1) is 14.9. The lowest BCUT2D eigenvalue weighted by atomic mass is 10.0. The number of benzene rings is 1. The van der Waals surface area contributed by atoms with Gasteiger partial charge in [0.15, 0.2) is 0 Å². The van der Waals surface area contributed by atoms with E-state index in [-0.39, 0.29) is 18.4 Å². The van der Waals surface area contributed by atoms with Crippen molar-refractivity contribution in [1.82, 2.24) is 0 Å². The van der Waals surface area contributed by atoms with Crippen LogP contribution in [0.3, 0.4) is 0 Å². The van der Waals surface area contributed by atoms with Crippen molar-refractivity contribution in [2.45, 2.75) is 25.8 Å². The minimum Gasteiger partial charge on any atom is -0.468 e. The SMILES string of the molecule is CCc1cccc(C[C@@H](N)C(=O)OC)c1.Cl. The Labute approximate surface area is 102 Å². The van der Waals surface area contributed by atoms with E-state index < -0.39 is 6.04 Å². The fourth-order valence-electron chi connectivity index (χ4n) is 1.47. The fourth-order valence-corrected chi connectivity index (χ4v) is 1.47. The van der Waals surface area contributed by atoms with Gasteiger partial charge in [0.05, 0.1) is 7.11 Å². The molecule has 0 radical (unpaired) electrons. The molecule has 4 heteroatoms. The molecular weight excluding hydrogens is 226 g/mol. The zero-order chi connectivity index (χ0) is 11.3. The highest BCUT2D eigenvalue weighted by atomic mass is 35.5. The Bertz CT molecular complexity index is 342. The number of aryl methyl sites for hydroxylation is 1. The topological polar surface area (TPSA) is 52.3 Å². The summed E-state index contributed by atoms with van der Waals surface area (Å²) in [6.07, 6.45) is 1.52. The van der Waals surface area contributed by atoms with Gasteiger partial charge in [-0.25, -0.2) is 0 Å². The average Bonchev–Trinajstić information content (AvgIpc) is 2.28. The third-order valence-corrected chi connectivity index (χ3v) is 2.36.